The predicted octanol–water partition coefficient (Wildman–Crippen LogP) is 1.32. The van der Waals surface area contributed by atoms with E-state index < -0.39 is 10.2 Å². The van der Waals surface area contributed by atoms with Crippen LogP contribution in [0.4, 0.5) is 5.69 Å². The average molecular weight is 356 g/mol. The Labute approximate surface area is 139 Å². The number of H-pyrrole nitrogens is 1. The van der Waals surface area contributed by atoms with Gasteiger partial charge in [0.1, 0.15) is 0 Å². The minimum absolute atomic E-state index is 0.0804. The van der Waals surface area contributed by atoms with Crippen LogP contribution in [0.15, 0.2) is 18.3 Å². The Morgan fingerprint density at radius 2 is 1.96 bits per heavy atom. The molecule has 7 nitrogen and oxygen atoms in total. The average Bonchev–Trinajstić information content (AvgIpc) is 2.91. The highest BCUT2D eigenvalue weighted by molar-refractivity contribution is 7.86. The summed E-state index contributed by atoms with van der Waals surface area (Å²) in [4.78, 5) is 2.30. The number of hydrogen-bond donors (Lipinski definition) is 2. The molecule has 0 atom stereocenters. The molecule has 3 N–H and O–H groups in total. The number of rotatable bonds is 2. The Morgan fingerprint density at radius 3 is 2.61 bits per heavy atom. The van der Waals surface area contributed by atoms with Gasteiger partial charge in [0, 0.05) is 47.7 Å². The smallest absolute Gasteiger partial charge is 0.276 e. The maximum absolute atomic E-state index is 11.3. The molecule has 2 aromatic rings. The molecule has 4 rings (SSSR count). The van der Waals surface area contributed by atoms with Gasteiger partial charge >= 0.3 is 0 Å². The molecule has 1 aromatic carbocycles. The van der Waals surface area contributed by atoms with Crippen LogP contribution in [-0.2, 0) is 10.2 Å². The van der Waals surface area contributed by atoms with Crippen molar-refractivity contribution in [3.8, 4) is 0 Å². The van der Waals surface area contributed by atoms with Crippen LogP contribution < -0.4 is 10.0 Å². The van der Waals surface area contributed by atoms with Crippen molar-refractivity contribution >= 4 is 38.4 Å². The third-order valence-electron chi connectivity index (χ3n) is 5.05. The largest absolute Gasteiger partial charge is 0.371 e. The van der Waals surface area contributed by atoms with E-state index in [1.54, 1.807) is 0 Å². The first-order chi connectivity index (χ1) is 10.9. The van der Waals surface area contributed by atoms with Crippen LogP contribution in [0.5, 0.6) is 0 Å². The van der Waals surface area contributed by atoms with Gasteiger partial charge in [-0.15, -0.1) is 0 Å². The van der Waals surface area contributed by atoms with Gasteiger partial charge in [0.25, 0.3) is 10.2 Å². The van der Waals surface area contributed by atoms with Crippen LogP contribution in [0.3, 0.4) is 0 Å². The fraction of sp³-hybridized carbons (Fsp3) is 0.500. The van der Waals surface area contributed by atoms with Crippen molar-refractivity contribution in [3.63, 3.8) is 0 Å². The molecule has 0 amide bonds. The predicted molar refractivity (Wildman–Crippen MR) is 89.7 cm³/mol. The first-order valence-electron chi connectivity index (χ1n) is 7.52. The lowest BCUT2D eigenvalue weighted by Crippen LogP contribution is -2.63. The van der Waals surface area contributed by atoms with Crippen LogP contribution in [0, 0.1) is 5.41 Å². The molecule has 3 heterocycles. The Bertz CT molecular complexity index is 849. The van der Waals surface area contributed by atoms with Crippen molar-refractivity contribution in [2.75, 3.05) is 31.1 Å². The summed E-state index contributed by atoms with van der Waals surface area (Å²) >= 11 is 6.20. The van der Waals surface area contributed by atoms with E-state index in [4.69, 9.17) is 16.7 Å². The van der Waals surface area contributed by atoms with Crippen molar-refractivity contribution in [2.45, 2.75) is 12.8 Å². The second-order valence-corrected chi connectivity index (χ2v) is 8.54. The van der Waals surface area contributed by atoms with Crippen LogP contribution in [-0.4, -0.2) is 49.1 Å². The van der Waals surface area contributed by atoms with Gasteiger partial charge in [0.2, 0.25) is 0 Å². The van der Waals surface area contributed by atoms with Crippen LogP contribution >= 0.6 is 11.6 Å². The van der Waals surface area contributed by atoms with E-state index in [0.29, 0.717) is 18.1 Å². The molecule has 9 heteroatoms. The summed E-state index contributed by atoms with van der Waals surface area (Å²) in [6.07, 6.45) is 3.72. The van der Waals surface area contributed by atoms with Gasteiger partial charge in [-0.05, 0) is 25.0 Å². The van der Waals surface area contributed by atoms with E-state index in [9.17, 15) is 8.42 Å². The summed E-state index contributed by atoms with van der Waals surface area (Å²) in [5.41, 5.74) is 2.09. The van der Waals surface area contributed by atoms with E-state index in [0.717, 1.165) is 42.5 Å². The zero-order valence-electron chi connectivity index (χ0n) is 12.5. The van der Waals surface area contributed by atoms with Gasteiger partial charge in [0.15, 0.2) is 0 Å². The summed E-state index contributed by atoms with van der Waals surface area (Å²) in [6.45, 7) is 2.82. The molecule has 23 heavy (non-hydrogen) atoms. The maximum Gasteiger partial charge on any atom is 0.276 e. The first kappa shape index (κ1) is 15.2. The molecular formula is C14H18ClN5O2S. The Hall–Kier alpha value is -1.35. The van der Waals surface area contributed by atoms with Crippen molar-refractivity contribution < 1.29 is 8.42 Å². The zero-order chi connectivity index (χ0) is 16.2. The van der Waals surface area contributed by atoms with Crippen molar-refractivity contribution in [3.05, 3.63) is 23.4 Å². The lowest BCUT2D eigenvalue weighted by Gasteiger charge is -2.52. The molecule has 0 radical (unpaired) electrons. The molecule has 1 spiro atoms. The van der Waals surface area contributed by atoms with Crippen molar-refractivity contribution in [1.82, 2.24) is 14.5 Å². The highest BCUT2D eigenvalue weighted by Crippen LogP contribution is 2.43. The van der Waals surface area contributed by atoms with Gasteiger partial charge in [-0.2, -0.15) is 17.8 Å². The van der Waals surface area contributed by atoms with Crippen molar-refractivity contribution in [1.29, 1.82) is 0 Å². The number of anilines is 1. The molecule has 124 valence electrons. The lowest BCUT2D eigenvalue weighted by atomic mass is 9.73. The highest BCUT2D eigenvalue weighted by Gasteiger charge is 2.48. The van der Waals surface area contributed by atoms with E-state index in [1.165, 1.54) is 4.31 Å². The lowest BCUT2D eigenvalue weighted by molar-refractivity contribution is 0.0438. The van der Waals surface area contributed by atoms with Gasteiger partial charge in [0.05, 0.1) is 11.7 Å². The van der Waals surface area contributed by atoms with Gasteiger partial charge in [-0.1, -0.05) is 11.6 Å². The summed E-state index contributed by atoms with van der Waals surface area (Å²) in [5, 5.41) is 14.0. The van der Waals surface area contributed by atoms with Gasteiger partial charge in [-0.3, -0.25) is 5.10 Å². The molecule has 0 bridgehead atoms. The number of nitrogens with one attached hydrogen (secondary N) is 1. The molecule has 1 aromatic heterocycles. The van der Waals surface area contributed by atoms with E-state index in [1.807, 2.05) is 18.3 Å². The number of nitrogens with zero attached hydrogens (tertiary/aromatic N) is 3. The minimum Gasteiger partial charge on any atom is -0.371 e. The van der Waals surface area contributed by atoms with E-state index in [-0.39, 0.29) is 5.41 Å². The number of piperidine rings is 1. The third kappa shape index (κ3) is 2.59. The Balaban J connectivity index is 1.51. The van der Waals surface area contributed by atoms with E-state index in [2.05, 4.69) is 15.1 Å². The summed E-state index contributed by atoms with van der Waals surface area (Å²) in [5.74, 6) is 0. The molecule has 0 unspecified atom stereocenters. The number of hydrogen-bond acceptors (Lipinski definition) is 4. The number of nitrogens with two attached hydrogens (primary N) is 1. The molecule has 2 aliphatic heterocycles. The second kappa shape index (κ2) is 5.07. The fourth-order valence-electron chi connectivity index (χ4n) is 3.68. The maximum atomic E-state index is 11.3. The highest BCUT2D eigenvalue weighted by atomic mass is 35.5. The van der Waals surface area contributed by atoms with E-state index >= 15 is 0 Å². The molecule has 2 saturated heterocycles. The van der Waals surface area contributed by atoms with Gasteiger partial charge < -0.3 is 4.90 Å². The quantitative estimate of drug-likeness (QED) is 0.849. The summed E-state index contributed by atoms with van der Waals surface area (Å²) in [7, 11) is -3.54. The molecule has 0 saturated carbocycles. The number of aromatic nitrogens is 2. The van der Waals surface area contributed by atoms with Crippen LogP contribution in [0.2, 0.25) is 5.02 Å². The summed E-state index contributed by atoms with van der Waals surface area (Å²) < 4.78 is 24.1. The first-order valence-corrected chi connectivity index (χ1v) is 9.40. The molecule has 2 aliphatic rings. The van der Waals surface area contributed by atoms with Gasteiger partial charge in [-0.25, -0.2) is 5.14 Å². The Morgan fingerprint density at radius 1 is 1.26 bits per heavy atom. The summed E-state index contributed by atoms with van der Waals surface area (Å²) in [6, 6.07) is 3.84. The third-order valence-corrected chi connectivity index (χ3v) is 6.25. The number of aromatic amines is 1. The minimum atomic E-state index is -3.54. The molecule has 0 aliphatic carbocycles. The normalized spacial score (nSPS) is 21.7. The Kier molecular flexibility index (Phi) is 3.35. The number of halogens is 1. The molecule has 2 fully saturated rings. The monoisotopic (exact) mass is 355 g/mol. The second-order valence-electron chi connectivity index (χ2n) is 6.56. The fourth-order valence-corrected chi connectivity index (χ4v) is 4.80. The number of fused-ring (bicyclic) bond motifs is 1. The number of benzene rings is 1. The van der Waals surface area contributed by atoms with Crippen molar-refractivity contribution in [2.24, 2.45) is 10.6 Å². The van der Waals surface area contributed by atoms with Crippen LogP contribution in [0.1, 0.15) is 12.8 Å². The zero-order valence-corrected chi connectivity index (χ0v) is 14.1. The standard InChI is InChI=1S/C14H18ClN5O2S/c15-10-5-12-11(7-17-18-12)13(6-10)19-3-1-14(2-4-19)8-20(9-14)23(16,21)22/h5-7H,1-4,8-9H2,(H,17,18)(H2,16,21,22). The topological polar surface area (TPSA) is 95.3 Å². The molecular weight excluding hydrogens is 338 g/mol. The van der Waals surface area contributed by atoms with Crippen LogP contribution in [0.25, 0.3) is 10.9 Å². The SMILES string of the molecule is NS(=O)(=O)N1CC2(CCN(c3cc(Cl)cc4[nH]ncc34)CC2)C1.